The molecule has 0 saturated carbocycles. The molecular formula is C63H105N2O10P2-. The number of phosphoric ester groups is 2. The van der Waals surface area contributed by atoms with Crippen molar-refractivity contribution < 1.29 is 52.6 Å². The number of carbonyl (C=O) groups is 1. The van der Waals surface area contributed by atoms with Gasteiger partial charge in [-0.15, -0.1) is 0 Å². The van der Waals surface area contributed by atoms with Crippen molar-refractivity contribution in [2.45, 2.75) is 256 Å². The first kappa shape index (κ1) is 71.8. The second kappa shape index (κ2) is 40.0. The van der Waals surface area contributed by atoms with Crippen molar-refractivity contribution in [3.8, 4) is 0 Å². The predicted octanol–water partition coefficient (Wildman–Crippen LogP) is 15.4. The van der Waals surface area contributed by atoms with Gasteiger partial charge in [-0.2, -0.15) is 0 Å². The van der Waals surface area contributed by atoms with E-state index in [1.165, 1.54) is 75.2 Å². The van der Waals surface area contributed by atoms with Crippen LogP contribution >= 0.6 is 15.6 Å². The van der Waals surface area contributed by atoms with Crippen LogP contribution in [0, 0.1) is 0 Å². The molecule has 1 heterocycles. The van der Waals surface area contributed by atoms with Crippen LogP contribution in [0.15, 0.2) is 128 Å². The van der Waals surface area contributed by atoms with Gasteiger partial charge in [0.25, 0.3) is 15.6 Å². The summed E-state index contributed by atoms with van der Waals surface area (Å²) in [7, 11) is -11.0. The van der Waals surface area contributed by atoms with Crippen molar-refractivity contribution in [3.63, 3.8) is 0 Å². The van der Waals surface area contributed by atoms with Gasteiger partial charge in [-0.3, -0.25) is 18.4 Å². The topological polar surface area (TPSA) is 194 Å². The zero-order valence-electron chi connectivity index (χ0n) is 50.3. The Labute approximate surface area is 468 Å². The normalized spacial score (nSPS) is 21.8. The van der Waals surface area contributed by atoms with Gasteiger partial charge >= 0.3 is 0 Å². The molecular weight excluding hydrogens is 1010 g/mol. The molecule has 0 bridgehead atoms. The third-order valence-corrected chi connectivity index (χ3v) is 16.4. The van der Waals surface area contributed by atoms with E-state index in [0.717, 1.165) is 128 Å². The lowest BCUT2D eigenvalue weighted by molar-refractivity contribution is -0.475. The van der Waals surface area contributed by atoms with E-state index >= 15 is 0 Å². The SMILES string of the molecule is CC(=O)N[C@H]1[C@@H](OP(=O)([O-])OP(=O)([O-])OC/C=C(/C)CC/C=C(/C)CC/C=C(/C)CC/C=C(/C)CC/C=C(/C)CC/C=C(/C)CC/C=C(/C)CC/C=C(/C)CC/C=C(\C)CC/C=C(\C)CCC=C(C)C)O[C@H](C)[C@H]([NH3+])[C@@H]1O. The molecule has 0 aliphatic carbocycles. The lowest BCUT2D eigenvalue weighted by atomic mass is 9.96. The average Bonchev–Trinajstić information content (AvgIpc) is 3.31. The van der Waals surface area contributed by atoms with Crippen LogP contribution in [0.2, 0.25) is 0 Å². The Hall–Kier alpha value is -3.25. The minimum atomic E-state index is -5.58. The number of nitrogens with one attached hydrogen (secondary N) is 1. The summed E-state index contributed by atoms with van der Waals surface area (Å²) in [5, 5.41) is 12.8. The molecule has 0 aromatic rings. The molecule has 1 rings (SSSR count). The Morgan fingerprint density at radius 1 is 0.494 bits per heavy atom. The Kier molecular flexibility index (Phi) is 37.3. The number of aliphatic hydroxyl groups excluding tert-OH is 1. The number of carbonyl (C=O) groups excluding carboxylic acids is 1. The molecule has 12 nitrogen and oxygen atoms in total. The van der Waals surface area contributed by atoms with Crippen LogP contribution in [0.1, 0.15) is 225 Å². The van der Waals surface area contributed by atoms with E-state index in [9.17, 15) is 28.8 Å². The molecule has 77 heavy (non-hydrogen) atoms. The van der Waals surface area contributed by atoms with Gasteiger partial charge in [0.15, 0.2) is 6.29 Å². The molecule has 0 radical (unpaired) electrons. The maximum Gasteiger partial charge on any atom is 0.276 e. The summed E-state index contributed by atoms with van der Waals surface area (Å²) in [6.45, 7) is 28.6. The Morgan fingerprint density at radius 3 is 1.04 bits per heavy atom. The van der Waals surface area contributed by atoms with Gasteiger partial charge in [0.1, 0.15) is 24.3 Å². The van der Waals surface area contributed by atoms with Crippen LogP contribution in [0.3, 0.4) is 0 Å². The quantitative estimate of drug-likeness (QED) is 0.0395. The molecule has 0 spiro atoms. The number of quaternary nitrogens is 1. The minimum absolute atomic E-state index is 0.440. The largest absolute Gasteiger partial charge is 0.756 e. The molecule has 1 amide bonds. The van der Waals surface area contributed by atoms with Crippen molar-refractivity contribution in [1.82, 2.24) is 5.32 Å². The van der Waals surface area contributed by atoms with Crippen LogP contribution in [0.25, 0.3) is 0 Å². The smallest absolute Gasteiger partial charge is 0.276 e. The van der Waals surface area contributed by atoms with Crippen molar-refractivity contribution in [1.29, 1.82) is 0 Å². The maximum atomic E-state index is 12.5. The summed E-state index contributed by atoms with van der Waals surface area (Å²) in [6, 6.07) is -2.07. The summed E-state index contributed by atoms with van der Waals surface area (Å²) in [5.74, 6) is -0.599. The van der Waals surface area contributed by atoms with E-state index in [2.05, 4.69) is 152 Å². The molecule has 7 atom stereocenters. The molecule has 1 aliphatic rings. The molecule has 1 aliphatic heterocycles. The fraction of sp³-hybridized carbons (Fsp3) is 0.635. The Bertz CT molecular complexity index is 2240. The van der Waals surface area contributed by atoms with E-state index in [1.807, 2.05) is 6.92 Å². The lowest BCUT2D eigenvalue weighted by Crippen LogP contribution is -2.78. The molecule has 0 aromatic carbocycles. The summed E-state index contributed by atoms with van der Waals surface area (Å²) >= 11 is 0. The van der Waals surface area contributed by atoms with Crippen LogP contribution in [0.4, 0.5) is 0 Å². The summed E-state index contributed by atoms with van der Waals surface area (Å²) in [4.78, 5) is 36.5. The highest BCUT2D eigenvalue weighted by Crippen LogP contribution is 2.56. The van der Waals surface area contributed by atoms with Crippen LogP contribution in [-0.4, -0.2) is 48.2 Å². The number of allylic oxidation sites excluding steroid dienone is 21. The summed E-state index contributed by atoms with van der Waals surface area (Å²) < 4.78 is 44.1. The van der Waals surface area contributed by atoms with Gasteiger partial charge in [0.2, 0.25) is 5.91 Å². The average molecular weight is 1110 g/mol. The number of ether oxygens (including phenoxy) is 1. The minimum Gasteiger partial charge on any atom is -0.756 e. The third-order valence-electron chi connectivity index (χ3n) is 13.9. The van der Waals surface area contributed by atoms with E-state index in [1.54, 1.807) is 0 Å². The van der Waals surface area contributed by atoms with E-state index in [-0.39, 0.29) is 0 Å². The van der Waals surface area contributed by atoms with Gasteiger partial charge in [-0.25, -0.2) is 4.31 Å². The number of phosphoric acid groups is 2. The highest BCUT2D eigenvalue weighted by atomic mass is 31.3. The number of hydrogen-bond acceptors (Lipinski definition) is 10. The highest BCUT2D eigenvalue weighted by Gasteiger charge is 2.47. The zero-order valence-corrected chi connectivity index (χ0v) is 52.1. The Balaban J connectivity index is 2.32. The van der Waals surface area contributed by atoms with Crippen LogP contribution < -0.4 is 20.8 Å². The summed E-state index contributed by atoms with van der Waals surface area (Å²) in [6.07, 6.45) is 42.7. The second-order valence-electron chi connectivity index (χ2n) is 22.1. The Morgan fingerprint density at radius 2 is 0.766 bits per heavy atom. The van der Waals surface area contributed by atoms with Crippen molar-refractivity contribution in [2.75, 3.05) is 6.61 Å². The molecule has 0 aromatic heterocycles. The highest BCUT2D eigenvalue weighted by molar-refractivity contribution is 7.59. The molecule has 5 N–H and O–H groups in total. The van der Waals surface area contributed by atoms with Crippen molar-refractivity contribution in [2.24, 2.45) is 0 Å². The van der Waals surface area contributed by atoms with Gasteiger partial charge < -0.3 is 35.2 Å². The summed E-state index contributed by atoms with van der Waals surface area (Å²) in [5.41, 5.74) is 19.1. The predicted molar refractivity (Wildman–Crippen MR) is 317 cm³/mol. The van der Waals surface area contributed by atoms with E-state index < -0.39 is 58.7 Å². The van der Waals surface area contributed by atoms with Crippen molar-refractivity contribution >= 4 is 21.6 Å². The zero-order chi connectivity index (χ0) is 58.0. The van der Waals surface area contributed by atoms with E-state index in [0.29, 0.717) is 6.42 Å². The monoisotopic (exact) mass is 1110 g/mol. The standard InChI is InChI=1S/C63H106N2O10P2/c1-47(2)25-15-26-48(3)27-16-28-49(4)29-17-30-50(5)31-18-32-51(6)33-19-34-52(7)35-20-36-53(8)37-21-38-54(9)39-22-40-55(10)41-23-42-56(11)43-24-44-57(12)45-46-72-76(68,69)75-77(70,71)74-63-61(65-59(14)66)62(67)60(64)58(13)73-63/h25,27,29,31,33,35,37,39,41,43,45,58,60-63,67H,15-24,26,28,30,32,34,36,38,40,42,44,46,64H2,1-14H3,(H,65,66)(H,68,69)(H,70,71)/p-1/b48-27+,49-29+,50-31-,51-33-,52-35-,53-37-,54-39-,55-41-,56-43-,57-45-/t58-,60+,61-,62+,63-/m1/s1. The van der Waals surface area contributed by atoms with Crippen molar-refractivity contribution in [3.05, 3.63) is 128 Å². The number of aliphatic hydroxyl groups is 1. The molecule has 2 unspecified atom stereocenters. The van der Waals surface area contributed by atoms with Gasteiger partial charge in [0, 0.05) is 6.92 Å². The molecule has 1 saturated heterocycles. The first-order valence-corrected chi connectivity index (χ1v) is 31.4. The number of amides is 1. The fourth-order valence-electron chi connectivity index (χ4n) is 8.67. The maximum absolute atomic E-state index is 12.5. The lowest BCUT2D eigenvalue weighted by Gasteiger charge is -2.42. The van der Waals surface area contributed by atoms with Gasteiger partial charge in [-0.1, -0.05) is 128 Å². The first-order valence-electron chi connectivity index (χ1n) is 28.5. The van der Waals surface area contributed by atoms with E-state index in [4.69, 9.17) is 13.8 Å². The van der Waals surface area contributed by atoms with Crippen LogP contribution in [-0.2, 0) is 32.0 Å². The second-order valence-corrected chi connectivity index (χ2v) is 25.1. The molecule has 438 valence electrons. The van der Waals surface area contributed by atoms with Gasteiger partial charge in [-0.05, 0) is 218 Å². The molecule has 14 heteroatoms. The number of hydrogen-bond donors (Lipinski definition) is 3. The third kappa shape index (κ3) is 37.3. The molecule has 1 fully saturated rings. The van der Waals surface area contributed by atoms with Gasteiger partial charge in [0.05, 0.1) is 6.61 Å². The number of rotatable bonds is 38. The van der Waals surface area contributed by atoms with Crippen LogP contribution in [0.5, 0.6) is 0 Å². The fourth-order valence-corrected chi connectivity index (χ4v) is 10.7. The first-order chi connectivity index (χ1) is 36.2.